The van der Waals surface area contributed by atoms with Crippen LogP contribution in [0.1, 0.15) is 29.8 Å². The predicted octanol–water partition coefficient (Wildman–Crippen LogP) is 4.00. The van der Waals surface area contributed by atoms with Gasteiger partial charge in [-0.25, -0.2) is 5.43 Å². The number of halogens is 1. The summed E-state index contributed by atoms with van der Waals surface area (Å²) in [6.45, 7) is 4.42. The minimum Gasteiger partial charge on any atom is -0.494 e. The van der Waals surface area contributed by atoms with Crippen LogP contribution in [0.15, 0.2) is 58.1 Å². The van der Waals surface area contributed by atoms with E-state index < -0.39 is 0 Å². The van der Waals surface area contributed by atoms with Crippen molar-refractivity contribution in [1.82, 2.24) is 5.43 Å². The number of rotatable bonds is 5. The van der Waals surface area contributed by atoms with E-state index in [1.165, 1.54) is 0 Å². The van der Waals surface area contributed by atoms with Crippen molar-refractivity contribution in [3.05, 3.63) is 64.1 Å². The molecule has 2 aromatic carbocycles. The third-order valence-electron chi connectivity index (χ3n) is 3.03. The molecule has 0 fully saturated rings. The minimum absolute atomic E-state index is 0.252. The Bertz CT molecular complexity index is 681. The number of nitrogens with one attached hydrogen (secondary N) is 1. The van der Waals surface area contributed by atoms with Crippen molar-refractivity contribution in [2.45, 2.75) is 13.8 Å². The number of hydrazone groups is 1. The fourth-order valence-electron chi connectivity index (χ4n) is 1.86. The van der Waals surface area contributed by atoms with Crippen molar-refractivity contribution in [2.75, 3.05) is 6.61 Å². The molecule has 0 saturated heterocycles. The van der Waals surface area contributed by atoms with E-state index in [4.69, 9.17) is 4.74 Å². The van der Waals surface area contributed by atoms with Gasteiger partial charge in [-0.15, -0.1) is 0 Å². The summed E-state index contributed by atoms with van der Waals surface area (Å²) in [6, 6.07) is 14.8. The van der Waals surface area contributed by atoms with Gasteiger partial charge in [0.05, 0.1) is 17.9 Å². The Morgan fingerprint density at radius 1 is 1.18 bits per heavy atom. The van der Waals surface area contributed by atoms with E-state index in [1.54, 1.807) is 6.07 Å². The number of hydrogen-bond acceptors (Lipinski definition) is 3. The Morgan fingerprint density at radius 2 is 1.86 bits per heavy atom. The molecule has 0 aliphatic carbocycles. The van der Waals surface area contributed by atoms with E-state index in [-0.39, 0.29) is 5.91 Å². The van der Waals surface area contributed by atoms with Gasteiger partial charge in [-0.05, 0) is 71.7 Å². The monoisotopic (exact) mass is 360 g/mol. The van der Waals surface area contributed by atoms with Crippen molar-refractivity contribution in [1.29, 1.82) is 0 Å². The molecule has 2 aromatic rings. The highest BCUT2D eigenvalue weighted by Crippen LogP contribution is 2.16. The van der Waals surface area contributed by atoms with E-state index in [9.17, 15) is 4.79 Å². The zero-order valence-corrected chi connectivity index (χ0v) is 14.1. The van der Waals surface area contributed by atoms with Crippen LogP contribution >= 0.6 is 15.9 Å². The Labute approximate surface area is 138 Å². The zero-order valence-electron chi connectivity index (χ0n) is 12.5. The molecule has 4 nitrogen and oxygen atoms in total. The highest BCUT2D eigenvalue weighted by atomic mass is 79.9. The molecular formula is C17H17BrN2O2. The number of benzene rings is 2. The van der Waals surface area contributed by atoms with Crippen molar-refractivity contribution >= 4 is 27.5 Å². The van der Waals surface area contributed by atoms with Crippen LogP contribution in [-0.4, -0.2) is 18.2 Å². The van der Waals surface area contributed by atoms with E-state index >= 15 is 0 Å². The molecule has 0 aliphatic heterocycles. The second-order valence-electron chi connectivity index (χ2n) is 4.58. The molecule has 0 heterocycles. The largest absolute Gasteiger partial charge is 0.494 e. The first-order chi connectivity index (χ1) is 10.6. The predicted molar refractivity (Wildman–Crippen MR) is 91.4 cm³/mol. The summed E-state index contributed by atoms with van der Waals surface area (Å²) in [4.78, 5) is 12.1. The summed E-state index contributed by atoms with van der Waals surface area (Å²) < 4.78 is 6.13. The first-order valence-electron chi connectivity index (χ1n) is 6.94. The van der Waals surface area contributed by atoms with Crippen LogP contribution in [0, 0.1) is 0 Å². The van der Waals surface area contributed by atoms with Crippen molar-refractivity contribution in [3.8, 4) is 5.75 Å². The third-order valence-corrected chi connectivity index (χ3v) is 3.72. The van der Waals surface area contributed by atoms with Gasteiger partial charge in [0.2, 0.25) is 0 Å². The fraction of sp³-hybridized carbons (Fsp3) is 0.176. The smallest absolute Gasteiger partial charge is 0.272 e. The molecule has 0 aliphatic rings. The minimum atomic E-state index is -0.252. The lowest BCUT2D eigenvalue weighted by molar-refractivity contribution is 0.0954. The molecule has 114 valence electrons. The number of hydrogen-bond donors (Lipinski definition) is 1. The molecule has 0 atom stereocenters. The maximum absolute atomic E-state index is 12.1. The molecule has 0 radical (unpaired) electrons. The summed E-state index contributed by atoms with van der Waals surface area (Å²) in [6.07, 6.45) is 0. The lowest BCUT2D eigenvalue weighted by Gasteiger charge is -2.06. The van der Waals surface area contributed by atoms with Crippen molar-refractivity contribution in [3.63, 3.8) is 0 Å². The molecule has 0 bridgehead atoms. The van der Waals surface area contributed by atoms with Gasteiger partial charge in [-0.1, -0.05) is 12.1 Å². The topological polar surface area (TPSA) is 50.7 Å². The van der Waals surface area contributed by atoms with Crippen LogP contribution in [0.2, 0.25) is 0 Å². The Kier molecular flexibility index (Phi) is 5.72. The second-order valence-corrected chi connectivity index (χ2v) is 5.43. The Hall–Kier alpha value is -2.14. The van der Waals surface area contributed by atoms with Crippen LogP contribution in [-0.2, 0) is 0 Å². The van der Waals surface area contributed by atoms with E-state index in [1.807, 2.05) is 56.3 Å². The van der Waals surface area contributed by atoms with Crippen LogP contribution < -0.4 is 10.2 Å². The van der Waals surface area contributed by atoms with Crippen LogP contribution in [0.25, 0.3) is 0 Å². The van der Waals surface area contributed by atoms with Gasteiger partial charge in [0, 0.05) is 4.47 Å². The van der Waals surface area contributed by atoms with Crippen LogP contribution in [0.5, 0.6) is 5.75 Å². The first-order valence-corrected chi connectivity index (χ1v) is 7.73. The molecule has 0 saturated carbocycles. The maximum Gasteiger partial charge on any atom is 0.272 e. The SMILES string of the molecule is CCOc1ccc(C(C)=NNC(=O)c2ccccc2Br)cc1. The molecular weight excluding hydrogens is 344 g/mol. The zero-order chi connectivity index (χ0) is 15.9. The highest BCUT2D eigenvalue weighted by molar-refractivity contribution is 9.10. The van der Waals surface area contributed by atoms with Gasteiger partial charge < -0.3 is 4.74 Å². The molecule has 22 heavy (non-hydrogen) atoms. The Balaban J connectivity index is 2.06. The molecule has 0 aromatic heterocycles. The first kappa shape index (κ1) is 16.2. The van der Waals surface area contributed by atoms with Crippen molar-refractivity contribution < 1.29 is 9.53 Å². The summed E-state index contributed by atoms with van der Waals surface area (Å²) in [5, 5.41) is 4.14. The summed E-state index contributed by atoms with van der Waals surface area (Å²) in [7, 11) is 0. The normalized spacial score (nSPS) is 11.1. The number of amides is 1. The highest BCUT2D eigenvalue weighted by Gasteiger charge is 2.08. The number of carbonyl (C=O) groups is 1. The number of carbonyl (C=O) groups excluding carboxylic acids is 1. The van der Waals surface area contributed by atoms with E-state index in [0.717, 1.165) is 21.5 Å². The Morgan fingerprint density at radius 3 is 2.50 bits per heavy atom. The van der Waals surface area contributed by atoms with Crippen LogP contribution in [0.4, 0.5) is 0 Å². The maximum atomic E-state index is 12.1. The van der Waals surface area contributed by atoms with E-state index in [2.05, 4.69) is 26.5 Å². The van der Waals surface area contributed by atoms with Gasteiger partial charge in [-0.2, -0.15) is 5.10 Å². The fourth-order valence-corrected chi connectivity index (χ4v) is 2.33. The van der Waals surface area contributed by atoms with E-state index in [0.29, 0.717) is 12.2 Å². The molecule has 0 unspecified atom stereocenters. The van der Waals surface area contributed by atoms with Gasteiger partial charge in [-0.3, -0.25) is 4.79 Å². The average Bonchev–Trinajstić information content (AvgIpc) is 2.54. The van der Waals surface area contributed by atoms with Gasteiger partial charge in [0.1, 0.15) is 5.75 Å². The summed E-state index contributed by atoms with van der Waals surface area (Å²) >= 11 is 3.35. The summed E-state index contributed by atoms with van der Waals surface area (Å²) in [5.74, 6) is 0.564. The number of ether oxygens (including phenoxy) is 1. The number of nitrogens with zero attached hydrogens (tertiary/aromatic N) is 1. The van der Waals surface area contributed by atoms with Gasteiger partial charge in [0.15, 0.2) is 0 Å². The van der Waals surface area contributed by atoms with Crippen LogP contribution in [0.3, 0.4) is 0 Å². The molecule has 5 heteroatoms. The molecule has 2 rings (SSSR count). The third kappa shape index (κ3) is 4.18. The molecule has 1 amide bonds. The quantitative estimate of drug-likeness (QED) is 0.646. The van der Waals surface area contributed by atoms with Crippen molar-refractivity contribution in [2.24, 2.45) is 5.10 Å². The second kappa shape index (κ2) is 7.75. The molecule has 0 spiro atoms. The molecule has 1 N–H and O–H groups in total. The standard InChI is InChI=1S/C17H17BrN2O2/c1-3-22-14-10-8-13(9-11-14)12(2)19-20-17(21)15-6-4-5-7-16(15)18/h4-11H,3H2,1-2H3,(H,20,21). The average molecular weight is 361 g/mol. The summed E-state index contributed by atoms with van der Waals surface area (Å²) in [5.41, 5.74) is 4.76. The lowest BCUT2D eigenvalue weighted by atomic mass is 10.1. The van der Waals surface area contributed by atoms with Gasteiger partial charge >= 0.3 is 0 Å². The van der Waals surface area contributed by atoms with Gasteiger partial charge in [0.25, 0.3) is 5.91 Å². The lowest BCUT2D eigenvalue weighted by Crippen LogP contribution is -2.19.